The Labute approximate surface area is 213 Å². The minimum atomic E-state index is -1.18. The quantitative estimate of drug-likeness (QED) is 0.202. The van der Waals surface area contributed by atoms with Gasteiger partial charge in [0.1, 0.15) is 16.5 Å². The van der Waals surface area contributed by atoms with Crippen LogP contribution in [-0.2, 0) is 14.3 Å². The summed E-state index contributed by atoms with van der Waals surface area (Å²) in [6.45, 7) is 3.11. The number of halogens is 3. The van der Waals surface area contributed by atoms with Gasteiger partial charge < -0.3 is 9.84 Å². The average molecular weight is 535 g/mol. The van der Waals surface area contributed by atoms with E-state index in [9.17, 15) is 23.9 Å². The number of aryl methyl sites for hydroxylation is 2. The lowest BCUT2D eigenvalue weighted by atomic mass is 9.95. The van der Waals surface area contributed by atoms with E-state index in [0.717, 1.165) is 22.3 Å². The van der Waals surface area contributed by atoms with Gasteiger partial charge in [0.25, 0.3) is 5.78 Å². The zero-order chi connectivity index (χ0) is 25.6. The molecule has 35 heavy (non-hydrogen) atoms. The van der Waals surface area contributed by atoms with Crippen LogP contribution in [0.3, 0.4) is 0 Å². The van der Waals surface area contributed by atoms with Gasteiger partial charge in [-0.05, 0) is 43.2 Å². The standard InChI is InChI=1S/C24H17Cl2FN2O5S/c1-10-4-5-13(9-16(10)27)19(30)17-18(12-6-7-14(25)15(26)8-12)29(22(32)20(17)31)24-28-11(2)21(35-24)23(33)34-3/h4-9,18,30H,1-3H3. The minimum absolute atomic E-state index is 0.0155. The number of carbonyl (C=O) groups excluding carboxylic acids is 3. The number of benzene rings is 2. The molecule has 1 amide bonds. The average Bonchev–Trinajstić information content (AvgIpc) is 3.33. The number of ether oxygens (including phenoxy) is 1. The lowest BCUT2D eigenvalue weighted by Gasteiger charge is -2.23. The summed E-state index contributed by atoms with van der Waals surface area (Å²) in [5.74, 6) is -3.80. The van der Waals surface area contributed by atoms with E-state index in [-0.39, 0.29) is 31.2 Å². The zero-order valence-electron chi connectivity index (χ0n) is 18.6. The topological polar surface area (TPSA) is 96.8 Å². The van der Waals surface area contributed by atoms with Crippen LogP contribution in [0.2, 0.25) is 10.0 Å². The van der Waals surface area contributed by atoms with E-state index in [1.54, 1.807) is 19.9 Å². The molecule has 1 fully saturated rings. The summed E-state index contributed by atoms with van der Waals surface area (Å²) in [6, 6.07) is 7.27. The lowest BCUT2D eigenvalue weighted by molar-refractivity contribution is -0.132. The molecule has 1 atom stereocenters. The molecule has 1 aromatic heterocycles. The third-order valence-electron chi connectivity index (χ3n) is 5.51. The van der Waals surface area contributed by atoms with Crippen LogP contribution < -0.4 is 4.90 Å². The zero-order valence-corrected chi connectivity index (χ0v) is 20.9. The van der Waals surface area contributed by atoms with Crippen LogP contribution in [0.5, 0.6) is 0 Å². The molecular weight excluding hydrogens is 518 g/mol. The summed E-state index contributed by atoms with van der Waals surface area (Å²) in [7, 11) is 1.21. The summed E-state index contributed by atoms with van der Waals surface area (Å²) in [5, 5.41) is 11.5. The van der Waals surface area contributed by atoms with Crippen molar-refractivity contribution in [2.75, 3.05) is 12.0 Å². The van der Waals surface area contributed by atoms with Gasteiger partial charge in [-0.15, -0.1) is 0 Å². The summed E-state index contributed by atoms with van der Waals surface area (Å²) in [5.41, 5.74) is 0.718. The van der Waals surface area contributed by atoms with Crippen LogP contribution in [0.15, 0.2) is 42.0 Å². The molecule has 4 rings (SSSR count). The fourth-order valence-corrected chi connectivity index (χ4v) is 5.01. The molecule has 3 aromatic rings. The first-order chi connectivity index (χ1) is 16.5. The number of rotatable bonds is 4. The monoisotopic (exact) mass is 534 g/mol. The normalized spacial score (nSPS) is 17.2. The minimum Gasteiger partial charge on any atom is -0.507 e. The molecule has 180 valence electrons. The molecule has 7 nitrogen and oxygen atoms in total. The summed E-state index contributed by atoms with van der Waals surface area (Å²) >= 11 is 13.1. The second-order valence-corrected chi connectivity index (χ2v) is 9.50. The second-order valence-electron chi connectivity index (χ2n) is 7.71. The van der Waals surface area contributed by atoms with E-state index >= 15 is 0 Å². The van der Waals surface area contributed by atoms with Gasteiger partial charge in [0, 0.05) is 5.56 Å². The molecule has 1 unspecified atom stereocenters. The van der Waals surface area contributed by atoms with Crippen molar-refractivity contribution in [1.29, 1.82) is 0 Å². The Bertz CT molecular complexity index is 1440. The predicted molar refractivity (Wildman–Crippen MR) is 131 cm³/mol. The van der Waals surface area contributed by atoms with Gasteiger partial charge in [0.2, 0.25) is 0 Å². The van der Waals surface area contributed by atoms with Crippen LogP contribution in [0.1, 0.15) is 38.1 Å². The van der Waals surface area contributed by atoms with Crippen LogP contribution in [0, 0.1) is 19.7 Å². The van der Waals surface area contributed by atoms with Gasteiger partial charge in [-0.2, -0.15) is 0 Å². The fraction of sp³-hybridized carbons (Fsp3) is 0.167. The fourth-order valence-electron chi connectivity index (χ4n) is 3.69. The highest BCUT2D eigenvalue weighted by Crippen LogP contribution is 2.45. The summed E-state index contributed by atoms with van der Waals surface area (Å²) in [4.78, 5) is 44.1. The van der Waals surface area contributed by atoms with Gasteiger partial charge in [-0.25, -0.2) is 14.2 Å². The number of amides is 1. The number of nitrogens with zero attached hydrogens (tertiary/aromatic N) is 2. The van der Waals surface area contributed by atoms with Crippen molar-refractivity contribution in [1.82, 2.24) is 4.98 Å². The Kier molecular flexibility index (Phi) is 6.68. The summed E-state index contributed by atoms with van der Waals surface area (Å²) < 4.78 is 19.0. The number of ketones is 1. The first-order valence-corrected chi connectivity index (χ1v) is 11.7. The maximum absolute atomic E-state index is 14.2. The number of carbonyl (C=O) groups is 3. The Morgan fingerprint density at radius 1 is 1.14 bits per heavy atom. The molecule has 1 N–H and O–H groups in total. The van der Waals surface area contributed by atoms with Gasteiger partial charge >= 0.3 is 11.9 Å². The maximum Gasteiger partial charge on any atom is 0.350 e. The van der Waals surface area contributed by atoms with Crippen molar-refractivity contribution in [3.8, 4) is 0 Å². The molecule has 1 saturated heterocycles. The van der Waals surface area contributed by atoms with Crippen molar-refractivity contribution in [3.05, 3.63) is 85.1 Å². The van der Waals surface area contributed by atoms with Gasteiger partial charge in [0.15, 0.2) is 5.13 Å². The van der Waals surface area contributed by atoms with E-state index < -0.39 is 35.3 Å². The molecule has 1 aliphatic heterocycles. The van der Waals surface area contributed by atoms with E-state index in [4.69, 9.17) is 27.9 Å². The number of hydrogen-bond acceptors (Lipinski definition) is 7. The van der Waals surface area contributed by atoms with Gasteiger partial charge in [-0.3, -0.25) is 14.5 Å². The van der Waals surface area contributed by atoms with Crippen molar-refractivity contribution < 1.29 is 28.6 Å². The van der Waals surface area contributed by atoms with E-state index in [2.05, 4.69) is 4.98 Å². The van der Waals surface area contributed by atoms with Crippen molar-refractivity contribution in [3.63, 3.8) is 0 Å². The SMILES string of the molecule is COC(=O)c1sc(N2C(=O)C(=O)C(=C(O)c3ccc(C)c(F)c3)C2c2ccc(Cl)c(Cl)c2)nc1C. The number of anilines is 1. The molecule has 0 aliphatic carbocycles. The first kappa shape index (κ1) is 24.8. The van der Waals surface area contributed by atoms with E-state index in [1.807, 2.05) is 0 Å². The number of esters is 1. The molecule has 0 saturated carbocycles. The molecular formula is C24H17Cl2FN2O5S. The van der Waals surface area contributed by atoms with Crippen molar-refractivity contribution >= 4 is 63.1 Å². The number of hydrogen-bond donors (Lipinski definition) is 1. The van der Waals surface area contributed by atoms with Crippen LogP contribution in [-0.4, -0.2) is 34.9 Å². The predicted octanol–water partition coefficient (Wildman–Crippen LogP) is 5.62. The van der Waals surface area contributed by atoms with Crippen molar-refractivity contribution in [2.24, 2.45) is 0 Å². The summed E-state index contributed by atoms with van der Waals surface area (Å²) in [6.07, 6.45) is 0. The second kappa shape index (κ2) is 9.41. The molecule has 2 aromatic carbocycles. The molecule has 0 bridgehead atoms. The van der Waals surface area contributed by atoms with Gasteiger partial charge in [-0.1, -0.05) is 52.7 Å². The van der Waals surface area contributed by atoms with Crippen molar-refractivity contribution in [2.45, 2.75) is 19.9 Å². The highest BCUT2D eigenvalue weighted by Gasteiger charge is 2.48. The highest BCUT2D eigenvalue weighted by molar-refractivity contribution is 7.17. The highest BCUT2D eigenvalue weighted by atomic mass is 35.5. The van der Waals surface area contributed by atoms with Crippen LogP contribution >= 0.6 is 34.5 Å². The number of Topliss-reactive ketones (excluding diaryl/α,β-unsaturated/α-hetero) is 1. The number of methoxy groups -OCH3 is 1. The number of aliphatic hydroxyl groups is 1. The number of aliphatic hydroxyl groups excluding tert-OH is 1. The molecule has 1 aliphatic rings. The molecule has 2 heterocycles. The van der Waals surface area contributed by atoms with Crippen LogP contribution in [0.25, 0.3) is 5.76 Å². The van der Waals surface area contributed by atoms with E-state index in [0.29, 0.717) is 16.8 Å². The first-order valence-electron chi connectivity index (χ1n) is 10.1. The maximum atomic E-state index is 14.2. The third-order valence-corrected chi connectivity index (χ3v) is 7.39. The Morgan fingerprint density at radius 3 is 2.49 bits per heavy atom. The molecule has 0 spiro atoms. The Balaban J connectivity index is 1.97. The smallest absolute Gasteiger partial charge is 0.350 e. The van der Waals surface area contributed by atoms with Gasteiger partial charge in [0.05, 0.1) is 34.5 Å². The van der Waals surface area contributed by atoms with E-state index in [1.165, 1.54) is 31.4 Å². The largest absolute Gasteiger partial charge is 0.507 e. The molecule has 11 heteroatoms. The molecule has 0 radical (unpaired) electrons. The lowest BCUT2D eigenvalue weighted by Crippen LogP contribution is -2.29. The Hall–Kier alpha value is -3.27. The Morgan fingerprint density at radius 2 is 1.86 bits per heavy atom. The van der Waals surface area contributed by atoms with Crippen LogP contribution in [0.4, 0.5) is 9.52 Å². The number of aromatic nitrogens is 1. The third kappa shape index (κ3) is 4.31. The number of thiazole rings is 1.